The van der Waals surface area contributed by atoms with Crippen LogP contribution in [0.1, 0.15) is 21.0 Å². The second-order valence-corrected chi connectivity index (χ2v) is 2.68. The Hall–Kier alpha value is -2.31. The van der Waals surface area contributed by atoms with Gasteiger partial charge in [-0.3, -0.25) is 4.79 Å². The molecular weight excluding hydrogens is 200 g/mol. The molecule has 0 radical (unpaired) electrons. The quantitative estimate of drug-likeness (QED) is 0.496. The van der Waals surface area contributed by atoms with Crippen molar-refractivity contribution in [3.63, 3.8) is 0 Å². The van der Waals surface area contributed by atoms with Crippen molar-refractivity contribution in [3.05, 3.63) is 23.8 Å². The summed E-state index contributed by atoms with van der Waals surface area (Å²) < 4.78 is 5.69. The van der Waals surface area contributed by atoms with E-state index in [2.05, 4.69) is 19.8 Å². The van der Waals surface area contributed by atoms with Crippen LogP contribution in [-0.4, -0.2) is 38.9 Å². The summed E-state index contributed by atoms with van der Waals surface area (Å²) in [5.74, 6) is -0.498. The van der Waals surface area contributed by atoms with E-state index in [0.29, 0.717) is 11.8 Å². The number of carbonyl (C=O) groups excluding carboxylic acids is 2. The lowest BCUT2D eigenvalue weighted by Gasteiger charge is -1.90. The number of aromatic nitrogens is 4. The molecule has 0 spiro atoms. The fraction of sp³-hybridized carbons (Fsp3) is 0.125. The molecule has 0 atom stereocenters. The summed E-state index contributed by atoms with van der Waals surface area (Å²) in [5.41, 5.74) is 0.351. The summed E-state index contributed by atoms with van der Waals surface area (Å²) in [6.07, 6.45) is 3.40. The molecule has 2 aromatic heterocycles. The average molecular weight is 206 g/mol. The van der Waals surface area contributed by atoms with E-state index in [-0.39, 0.29) is 11.6 Å². The van der Waals surface area contributed by atoms with Crippen LogP contribution in [0.5, 0.6) is 0 Å². The first-order chi connectivity index (χ1) is 7.24. The molecule has 0 aliphatic heterocycles. The molecule has 0 bridgehead atoms. The van der Waals surface area contributed by atoms with E-state index >= 15 is 0 Å². The van der Waals surface area contributed by atoms with Gasteiger partial charge in [0.1, 0.15) is 0 Å². The third kappa shape index (κ3) is 1.54. The number of hydrogen-bond acceptors (Lipinski definition) is 6. The van der Waals surface area contributed by atoms with Crippen molar-refractivity contribution in [1.82, 2.24) is 19.6 Å². The Morgan fingerprint density at radius 2 is 2.40 bits per heavy atom. The van der Waals surface area contributed by atoms with Crippen LogP contribution >= 0.6 is 0 Å². The molecule has 0 aliphatic rings. The van der Waals surface area contributed by atoms with Crippen LogP contribution in [0.4, 0.5) is 0 Å². The van der Waals surface area contributed by atoms with Gasteiger partial charge in [0.2, 0.25) is 0 Å². The normalized spacial score (nSPS) is 10.2. The highest BCUT2D eigenvalue weighted by molar-refractivity contribution is 5.85. The lowest BCUT2D eigenvalue weighted by Crippen LogP contribution is -2.03. The van der Waals surface area contributed by atoms with Gasteiger partial charge in [0.05, 0.1) is 12.7 Å². The van der Waals surface area contributed by atoms with E-state index in [1.54, 1.807) is 0 Å². The van der Waals surface area contributed by atoms with Gasteiger partial charge < -0.3 is 4.74 Å². The van der Waals surface area contributed by atoms with E-state index in [0.717, 1.165) is 0 Å². The lowest BCUT2D eigenvalue weighted by molar-refractivity contribution is 0.0587. The summed E-state index contributed by atoms with van der Waals surface area (Å²) in [7, 11) is 1.23. The summed E-state index contributed by atoms with van der Waals surface area (Å²) in [4.78, 5) is 29.2. The van der Waals surface area contributed by atoms with Crippen LogP contribution in [-0.2, 0) is 4.74 Å². The van der Waals surface area contributed by atoms with Crippen molar-refractivity contribution >= 4 is 18.0 Å². The van der Waals surface area contributed by atoms with Crippen LogP contribution in [0.3, 0.4) is 0 Å². The van der Waals surface area contributed by atoms with E-state index in [9.17, 15) is 9.59 Å². The highest BCUT2D eigenvalue weighted by atomic mass is 16.5. The van der Waals surface area contributed by atoms with Gasteiger partial charge in [-0.25, -0.2) is 14.3 Å². The summed E-state index contributed by atoms with van der Waals surface area (Å²) >= 11 is 0. The zero-order chi connectivity index (χ0) is 10.8. The molecule has 0 aromatic carbocycles. The van der Waals surface area contributed by atoms with Crippen LogP contribution in [0.15, 0.2) is 12.4 Å². The zero-order valence-corrected chi connectivity index (χ0v) is 7.75. The Labute approximate surface area is 83.7 Å². The maximum Gasteiger partial charge on any atom is 0.378 e. The predicted molar refractivity (Wildman–Crippen MR) is 47.5 cm³/mol. The van der Waals surface area contributed by atoms with Crippen molar-refractivity contribution in [2.75, 3.05) is 7.11 Å². The molecule has 15 heavy (non-hydrogen) atoms. The molecule has 2 heterocycles. The molecule has 7 nitrogen and oxygen atoms in total. The van der Waals surface area contributed by atoms with Gasteiger partial charge >= 0.3 is 5.97 Å². The minimum Gasteiger partial charge on any atom is -0.463 e. The maximum atomic E-state index is 11.1. The molecule has 2 rings (SSSR count). The molecule has 2 aromatic rings. The van der Waals surface area contributed by atoms with Gasteiger partial charge in [-0.05, 0) is 0 Å². The monoisotopic (exact) mass is 206 g/mol. The second kappa shape index (κ2) is 3.45. The SMILES string of the molecule is COC(=O)c1nc2ncc(C=O)cn2n1. The molecule has 7 heteroatoms. The number of carbonyl (C=O) groups is 2. The first-order valence-electron chi connectivity index (χ1n) is 4.00. The number of esters is 1. The molecule has 0 unspecified atom stereocenters. The van der Waals surface area contributed by atoms with Crippen molar-refractivity contribution in [3.8, 4) is 0 Å². The van der Waals surface area contributed by atoms with Gasteiger partial charge in [0.15, 0.2) is 6.29 Å². The number of fused-ring (bicyclic) bond motifs is 1. The number of hydrogen-bond donors (Lipinski definition) is 0. The molecule has 0 amide bonds. The number of methoxy groups -OCH3 is 1. The maximum absolute atomic E-state index is 11.1. The minimum absolute atomic E-state index is 0.0898. The number of rotatable bonds is 2. The summed E-state index contributed by atoms with van der Waals surface area (Å²) in [6, 6.07) is 0. The van der Waals surface area contributed by atoms with Gasteiger partial charge in [-0.2, -0.15) is 4.98 Å². The lowest BCUT2D eigenvalue weighted by atomic mass is 10.4. The van der Waals surface area contributed by atoms with Crippen LogP contribution in [0, 0.1) is 0 Å². The molecule has 0 saturated heterocycles. The number of aldehydes is 1. The van der Waals surface area contributed by atoms with Crippen molar-refractivity contribution in [2.45, 2.75) is 0 Å². The summed E-state index contributed by atoms with van der Waals surface area (Å²) in [5, 5.41) is 3.80. The minimum atomic E-state index is -0.645. The Bertz CT molecular complexity index is 534. The molecule has 0 aliphatic carbocycles. The fourth-order valence-electron chi connectivity index (χ4n) is 1.04. The van der Waals surface area contributed by atoms with Gasteiger partial charge in [-0.1, -0.05) is 0 Å². The Balaban J connectivity index is 2.55. The molecule has 0 fully saturated rings. The molecule has 0 saturated carbocycles. The van der Waals surface area contributed by atoms with Gasteiger partial charge in [0.25, 0.3) is 11.6 Å². The largest absolute Gasteiger partial charge is 0.463 e. The zero-order valence-electron chi connectivity index (χ0n) is 7.75. The third-order valence-corrected chi connectivity index (χ3v) is 1.72. The standard InChI is InChI=1S/C8H6N4O3/c1-15-7(14)6-10-8-9-2-5(4-13)3-12(8)11-6/h2-4H,1H3. The Morgan fingerprint density at radius 1 is 1.60 bits per heavy atom. The highest BCUT2D eigenvalue weighted by Crippen LogP contribution is 2.00. The van der Waals surface area contributed by atoms with Crippen LogP contribution < -0.4 is 0 Å². The number of nitrogens with zero attached hydrogens (tertiary/aromatic N) is 4. The van der Waals surface area contributed by atoms with Crippen LogP contribution in [0.2, 0.25) is 0 Å². The van der Waals surface area contributed by atoms with E-state index in [1.807, 2.05) is 0 Å². The van der Waals surface area contributed by atoms with Gasteiger partial charge in [-0.15, -0.1) is 5.10 Å². The van der Waals surface area contributed by atoms with Crippen LogP contribution in [0.25, 0.3) is 5.78 Å². The second-order valence-electron chi connectivity index (χ2n) is 2.68. The third-order valence-electron chi connectivity index (χ3n) is 1.72. The Morgan fingerprint density at radius 3 is 3.07 bits per heavy atom. The first kappa shape index (κ1) is 9.25. The highest BCUT2D eigenvalue weighted by Gasteiger charge is 2.13. The van der Waals surface area contributed by atoms with Gasteiger partial charge in [0, 0.05) is 12.4 Å². The molecular formula is C8H6N4O3. The molecule has 76 valence electrons. The van der Waals surface area contributed by atoms with E-state index in [1.165, 1.54) is 24.0 Å². The van der Waals surface area contributed by atoms with E-state index < -0.39 is 5.97 Å². The predicted octanol–water partition coefficient (Wildman–Crippen LogP) is -0.277. The van der Waals surface area contributed by atoms with Crippen molar-refractivity contribution < 1.29 is 14.3 Å². The topological polar surface area (TPSA) is 86.5 Å². The summed E-state index contributed by atoms with van der Waals surface area (Å²) in [6.45, 7) is 0. The van der Waals surface area contributed by atoms with Crippen molar-refractivity contribution in [2.24, 2.45) is 0 Å². The fourth-order valence-corrected chi connectivity index (χ4v) is 1.04. The van der Waals surface area contributed by atoms with Crippen molar-refractivity contribution in [1.29, 1.82) is 0 Å². The first-order valence-corrected chi connectivity index (χ1v) is 4.00. The average Bonchev–Trinajstić information content (AvgIpc) is 2.70. The smallest absolute Gasteiger partial charge is 0.378 e. The van der Waals surface area contributed by atoms with E-state index in [4.69, 9.17) is 0 Å². The molecule has 0 N–H and O–H groups in total. The number of ether oxygens (including phenoxy) is 1. The Kier molecular flexibility index (Phi) is 2.13.